The summed E-state index contributed by atoms with van der Waals surface area (Å²) in [6.07, 6.45) is 0.514. The molecule has 2 atom stereocenters. The molecule has 0 spiro atoms. The predicted octanol–water partition coefficient (Wildman–Crippen LogP) is 2.88. The standard InChI is InChI=1S/C21H20FN3O2/c22-17-3-1-2-16(12-17)20-14-24(10-11-27-20)19-8-9-25(21(19)26)18-6-4-15(13-23)5-7-18/h1-7,12,19-20H,8-11,14H2. The Morgan fingerprint density at radius 3 is 2.70 bits per heavy atom. The molecule has 0 saturated carbocycles. The third kappa shape index (κ3) is 3.57. The van der Waals surface area contributed by atoms with Crippen molar-refractivity contribution in [3.05, 3.63) is 65.5 Å². The third-order valence-corrected chi connectivity index (χ3v) is 5.24. The molecule has 0 bridgehead atoms. The molecule has 6 heteroatoms. The molecule has 2 aliphatic rings. The van der Waals surface area contributed by atoms with Crippen LogP contribution in [-0.4, -0.2) is 43.1 Å². The van der Waals surface area contributed by atoms with Crippen LogP contribution in [0.25, 0.3) is 0 Å². The van der Waals surface area contributed by atoms with E-state index in [0.717, 1.165) is 17.7 Å². The number of amides is 1. The maximum Gasteiger partial charge on any atom is 0.244 e. The van der Waals surface area contributed by atoms with E-state index in [1.807, 2.05) is 18.2 Å². The molecular weight excluding hydrogens is 345 g/mol. The van der Waals surface area contributed by atoms with E-state index < -0.39 is 0 Å². The number of halogens is 1. The molecule has 1 amide bonds. The minimum absolute atomic E-state index is 0.0691. The highest BCUT2D eigenvalue weighted by Crippen LogP contribution is 2.29. The molecule has 0 N–H and O–H groups in total. The van der Waals surface area contributed by atoms with Crippen molar-refractivity contribution in [3.8, 4) is 6.07 Å². The Kier molecular flexibility index (Phi) is 4.88. The van der Waals surface area contributed by atoms with E-state index in [-0.39, 0.29) is 23.9 Å². The minimum atomic E-state index is -0.280. The van der Waals surface area contributed by atoms with Crippen molar-refractivity contribution >= 4 is 11.6 Å². The first kappa shape index (κ1) is 17.7. The Bertz CT molecular complexity index is 878. The van der Waals surface area contributed by atoms with Gasteiger partial charge in [0.2, 0.25) is 5.91 Å². The Hall–Kier alpha value is -2.75. The first-order valence-electron chi connectivity index (χ1n) is 9.08. The second-order valence-corrected chi connectivity index (χ2v) is 6.86. The number of hydrogen-bond donors (Lipinski definition) is 0. The average Bonchev–Trinajstić information content (AvgIpc) is 3.09. The number of nitrogens with zero attached hydrogens (tertiary/aromatic N) is 3. The number of ether oxygens (including phenoxy) is 1. The van der Waals surface area contributed by atoms with Gasteiger partial charge in [0.1, 0.15) is 5.82 Å². The molecule has 2 aliphatic heterocycles. The smallest absolute Gasteiger partial charge is 0.244 e. The van der Waals surface area contributed by atoms with Gasteiger partial charge < -0.3 is 9.64 Å². The lowest BCUT2D eigenvalue weighted by atomic mass is 10.1. The molecule has 2 heterocycles. The summed E-state index contributed by atoms with van der Waals surface area (Å²) in [4.78, 5) is 16.9. The van der Waals surface area contributed by atoms with E-state index in [0.29, 0.717) is 31.8 Å². The molecule has 2 aromatic carbocycles. The molecule has 138 valence electrons. The third-order valence-electron chi connectivity index (χ3n) is 5.24. The van der Waals surface area contributed by atoms with Gasteiger partial charge in [0.15, 0.2) is 0 Å². The zero-order valence-electron chi connectivity index (χ0n) is 14.8. The summed E-state index contributed by atoms with van der Waals surface area (Å²) in [5.74, 6) is -0.211. The van der Waals surface area contributed by atoms with E-state index in [4.69, 9.17) is 10.00 Å². The highest BCUT2D eigenvalue weighted by atomic mass is 19.1. The van der Waals surface area contributed by atoms with Crippen molar-refractivity contribution in [1.82, 2.24) is 4.90 Å². The summed E-state index contributed by atoms with van der Waals surface area (Å²) in [7, 11) is 0. The van der Waals surface area contributed by atoms with Crippen molar-refractivity contribution in [2.45, 2.75) is 18.6 Å². The lowest BCUT2D eigenvalue weighted by Gasteiger charge is -2.36. The number of morpholine rings is 1. The van der Waals surface area contributed by atoms with Gasteiger partial charge in [0.05, 0.1) is 30.4 Å². The quantitative estimate of drug-likeness (QED) is 0.839. The number of anilines is 1. The van der Waals surface area contributed by atoms with Crippen molar-refractivity contribution in [1.29, 1.82) is 5.26 Å². The van der Waals surface area contributed by atoms with Gasteiger partial charge in [-0.25, -0.2) is 4.39 Å². The Morgan fingerprint density at radius 1 is 1.15 bits per heavy atom. The van der Waals surface area contributed by atoms with Gasteiger partial charge in [0, 0.05) is 25.3 Å². The number of benzene rings is 2. The number of hydrogen-bond acceptors (Lipinski definition) is 4. The fourth-order valence-electron chi connectivity index (χ4n) is 3.84. The van der Waals surface area contributed by atoms with E-state index in [1.165, 1.54) is 12.1 Å². The summed E-state index contributed by atoms with van der Waals surface area (Å²) in [5.41, 5.74) is 2.19. The molecule has 27 heavy (non-hydrogen) atoms. The van der Waals surface area contributed by atoms with Gasteiger partial charge in [-0.3, -0.25) is 9.69 Å². The topological polar surface area (TPSA) is 56.6 Å². The normalized spacial score (nSPS) is 23.4. The fourth-order valence-corrected chi connectivity index (χ4v) is 3.84. The molecule has 0 radical (unpaired) electrons. The first-order chi connectivity index (χ1) is 13.2. The maximum absolute atomic E-state index is 13.5. The van der Waals surface area contributed by atoms with Crippen molar-refractivity contribution in [2.75, 3.05) is 31.1 Å². The van der Waals surface area contributed by atoms with E-state index in [2.05, 4.69) is 11.0 Å². The van der Waals surface area contributed by atoms with E-state index in [1.54, 1.807) is 23.1 Å². The fraction of sp³-hybridized carbons (Fsp3) is 0.333. The van der Waals surface area contributed by atoms with Crippen molar-refractivity contribution in [3.63, 3.8) is 0 Å². The number of rotatable bonds is 3. The molecular formula is C21H20FN3O2. The molecule has 2 saturated heterocycles. The summed E-state index contributed by atoms with van der Waals surface area (Å²) in [6.45, 7) is 2.42. The van der Waals surface area contributed by atoms with Gasteiger partial charge in [-0.2, -0.15) is 5.26 Å². The number of carbonyl (C=O) groups is 1. The van der Waals surface area contributed by atoms with Crippen LogP contribution >= 0.6 is 0 Å². The van der Waals surface area contributed by atoms with Gasteiger partial charge in [-0.05, 0) is 48.4 Å². The summed E-state index contributed by atoms with van der Waals surface area (Å²) in [6, 6.07) is 15.4. The second kappa shape index (κ2) is 7.47. The van der Waals surface area contributed by atoms with Crippen LogP contribution in [0.3, 0.4) is 0 Å². The molecule has 0 aliphatic carbocycles. The van der Waals surface area contributed by atoms with Crippen LogP contribution in [0, 0.1) is 17.1 Å². The monoisotopic (exact) mass is 365 g/mol. The number of carbonyl (C=O) groups excluding carboxylic acids is 1. The molecule has 4 rings (SSSR count). The van der Waals surface area contributed by atoms with Gasteiger partial charge >= 0.3 is 0 Å². The van der Waals surface area contributed by atoms with Gasteiger partial charge in [0.25, 0.3) is 0 Å². The predicted molar refractivity (Wildman–Crippen MR) is 98.6 cm³/mol. The average molecular weight is 365 g/mol. The van der Waals surface area contributed by atoms with E-state index in [9.17, 15) is 9.18 Å². The van der Waals surface area contributed by atoms with Crippen LogP contribution in [-0.2, 0) is 9.53 Å². The number of nitriles is 1. The zero-order chi connectivity index (χ0) is 18.8. The van der Waals surface area contributed by atoms with Crippen LogP contribution in [0.4, 0.5) is 10.1 Å². The lowest BCUT2D eigenvalue weighted by molar-refractivity contribution is -0.125. The summed E-state index contributed by atoms with van der Waals surface area (Å²) >= 11 is 0. The van der Waals surface area contributed by atoms with Crippen LogP contribution in [0.1, 0.15) is 23.7 Å². The van der Waals surface area contributed by atoms with Crippen LogP contribution < -0.4 is 4.90 Å². The lowest BCUT2D eigenvalue weighted by Crippen LogP contribution is -2.48. The molecule has 5 nitrogen and oxygen atoms in total. The van der Waals surface area contributed by atoms with Crippen molar-refractivity contribution in [2.24, 2.45) is 0 Å². The van der Waals surface area contributed by atoms with Crippen LogP contribution in [0.15, 0.2) is 48.5 Å². The van der Waals surface area contributed by atoms with Crippen molar-refractivity contribution < 1.29 is 13.9 Å². The zero-order valence-corrected chi connectivity index (χ0v) is 14.8. The Morgan fingerprint density at radius 2 is 1.96 bits per heavy atom. The Balaban J connectivity index is 1.47. The SMILES string of the molecule is N#Cc1ccc(N2CCC(N3CCOC(c4cccc(F)c4)C3)C2=O)cc1. The van der Waals surface area contributed by atoms with Gasteiger partial charge in [-0.15, -0.1) is 0 Å². The van der Waals surface area contributed by atoms with Crippen LogP contribution in [0.2, 0.25) is 0 Å². The molecule has 2 fully saturated rings. The van der Waals surface area contributed by atoms with E-state index >= 15 is 0 Å². The molecule has 0 aromatic heterocycles. The summed E-state index contributed by atoms with van der Waals surface area (Å²) in [5, 5.41) is 8.92. The first-order valence-corrected chi connectivity index (χ1v) is 9.08. The van der Waals surface area contributed by atoms with Gasteiger partial charge in [-0.1, -0.05) is 12.1 Å². The highest BCUT2D eigenvalue weighted by molar-refractivity contribution is 5.99. The molecule has 2 unspecified atom stereocenters. The Labute approximate surface area is 157 Å². The molecule has 2 aromatic rings. The minimum Gasteiger partial charge on any atom is -0.371 e. The summed E-state index contributed by atoms with van der Waals surface area (Å²) < 4.78 is 19.3. The highest BCUT2D eigenvalue weighted by Gasteiger charge is 2.39. The van der Waals surface area contributed by atoms with Crippen LogP contribution in [0.5, 0.6) is 0 Å². The maximum atomic E-state index is 13.5. The largest absolute Gasteiger partial charge is 0.371 e. The second-order valence-electron chi connectivity index (χ2n) is 6.86.